The second-order valence-corrected chi connectivity index (χ2v) is 7.95. The molecule has 0 aliphatic carbocycles. The molecule has 5 rings (SSSR count). The minimum Gasteiger partial charge on any atom is -0.322 e. The van der Waals surface area contributed by atoms with E-state index in [1.165, 1.54) is 11.8 Å². The van der Waals surface area contributed by atoms with Crippen molar-refractivity contribution in [3.05, 3.63) is 97.5 Å². The third kappa shape index (κ3) is 4.53. The summed E-state index contributed by atoms with van der Waals surface area (Å²) in [4.78, 5) is 17.1. The molecule has 3 aromatic heterocycles. The van der Waals surface area contributed by atoms with E-state index in [0.29, 0.717) is 16.7 Å². The minimum absolute atomic E-state index is 0.160. The van der Waals surface area contributed by atoms with Crippen LogP contribution in [-0.4, -0.2) is 41.2 Å². The van der Waals surface area contributed by atoms with Crippen molar-refractivity contribution in [2.24, 2.45) is 0 Å². The Morgan fingerprint density at radius 2 is 1.67 bits per heavy atom. The van der Waals surface area contributed by atoms with E-state index in [4.69, 9.17) is 0 Å². The quantitative estimate of drug-likeness (QED) is 0.371. The summed E-state index contributed by atoms with van der Waals surface area (Å²) in [6.07, 6.45) is 5.10. The van der Waals surface area contributed by atoms with Gasteiger partial charge in [0.15, 0.2) is 16.8 Å². The molecular formula is C24H19N7OS. The van der Waals surface area contributed by atoms with Crippen LogP contribution in [0.4, 0.5) is 5.69 Å². The summed E-state index contributed by atoms with van der Waals surface area (Å²) in [6.45, 7) is 0. The minimum atomic E-state index is -0.176. The first-order valence-corrected chi connectivity index (χ1v) is 11.2. The van der Waals surface area contributed by atoms with Gasteiger partial charge in [-0.15, -0.1) is 10.2 Å². The standard InChI is InChI=1S/C24H19N7OS/c32-21(27-20-13-7-14-25-23(20)30-16-8-15-26-30)17-33-24-29-28-22(18-9-3-1-4-10-18)31(24)19-11-5-2-6-12-19/h1-16H,17H2,(H,27,32). The van der Waals surface area contributed by atoms with Gasteiger partial charge in [0, 0.05) is 29.8 Å². The number of carbonyl (C=O) groups excluding carboxylic acids is 1. The van der Waals surface area contributed by atoms with Gasteiger partial charge >= 0.3 is 0 Å². The van der Waals surface area contributed by atoms with Gasteiger partial charge in [-0.05, 0) is 30.3 Å². The van der Waals surface area contributed by atoms with Crippen LogP contribution in [0.15, 0.2) is 103 Å². The summed E-state index contributed by atoms with van der Waals surface area (Å²) in [5, 5.41) is 16.5. The van der Waals surface area contributed by atoms with Gasteiger partial charge < -0.3 is 5.32 Å². The van der Waals surface area contributed by atoms with E-state index >= 15 is 0 Å². The van der Waals surface area contributed by atoms with Crippen molar-refractivity contribution < 1.29 is 4.79 Å². The summed E-state index contributed by atoms with van der Waals surface area (Å²) in [5.41, 5.74) is 2.46. The van der Waals surface area contributed by atoms with Crippen molar-refractivity contribution in [1.82, 2.24) is 29.5 Å². The second-order valence-electron chi connectivity index (χ2n) is 7.01. The van der Waals surface area contributed by atoms with Crippen LogP contribution < -0.4 is 5.32 Å². The molecule has 1 N–H and O–H groups in total. The Balaban J connectivity index is 1.38. The number of hydrogen-bond acceptors (Lipinski definition) is 6. The molecule has 33 heavy (non-hydrogen) atoms. The van der Waals surface area contributed by atoms with E-state index in [-0.39, 0.29) is 11.7 Å². The molecule has 0 unspecified atom stereocenters. The summed E-state index contributed by atoms with van der Waals surface area (Å²) >= 11 is 1.32. The fraction of sp³-hybridized carbons (Fsp3) is 0.0417. The first-order chi connectivity index (χ1) is 16.3. The molecule has 1 amide bonds. The lowest BCUT2D eigenvalue weighted by Crippen LogP contribution is -2.17. The van der Waals surface area contributed by atoms with Crippen LogP contribution in [0.5, 0.6) is 0 Å². The molecule has 162 valence electrons. The molecule has 0 aliphatic rings. The van der Waals surface area contributed by atoms with Crippen LogP contribution in [-0.2, 0) is 4.79 Å². The number of hydrogen-bond donors (Lipinski definition) is 1. The molecule has 8 nitrogen and oxygen atoms in total. The number of nitrogens with one attached hydrogen (secondary N) is 1. The Morgan fingerprint density at radius 1 is 0.879 bits per heavy atom. The Bertz CT molecular complexity index is 1350. The van der Waals surface area contributed by atoms with Gasteiger partial charge in [0.1, 0.15) is 0 Å². The molecule has 3 heterocycles. The highest BCUT2D eigenvalue weighted by Gasteiger charge is 2.18. The zero-order chi connectivity index (χ0) is 22.5. The molecule has 0 bridgehead atoms. The second kappa shape index (κ2) is 9.49. The maximum atomic E-state index is 12.8. The van der Waals surface area contributed by atoms with Gasteiger partial charge in [0.25, 0.3) is 0 Å². The molecule has 0 spiro atoms. The van der Waals surface area contributed by atoms with E-state index in [0.717, 1.165) is 17.1 Å². The third-order valence-corrected chi connectivity index (χ3v) is 5.72. The molecule has 9 heteroatoms. The topological polar surface area (TPSA) is 90.5 Å². The Morgan fingerprint density at radius 3 is 2.42 bits per heavy atom. The van der Waals surface area contributed by atoms with Crippen LogP contribution in [0.2, 0.25) is 0 Å². The Kier molecular flexibility index (Phi) is 5.94. The van der Waals surface area contributed by atoms with E-state index in [9.17, 15) is 4.79 Å². The lowest BCUT2D eigenvalue weighted by atomic mass is 10.2. The number of amides is 1. The number of nitrogens with zero attached hydrogens (tertiary/aromatic N) is 6. The predicted molar refractivity (Wildman–Crippen MR) is 128 cm³/mol. The fourth-order valence-electron chi connectivity index (χ4n) is 3.34. The molecule has 0 saturated heterocycles. The lowest BCUT2D eigenvalue weighted by molar-refractivity contribution is -0.113. The van der Waals surface area contributed by atoms with Crippen LogP contribution >= 0.6 is 11.8 Å². The highest BCUT2D eigenvalue weighted by molar-refractivity contribution is 7.99. The number of para-hydroxylation sites is 1. The molecule has 0 radical (unpaired) electrons. The van der Waals surface area contributed by atoms with Crippen molar-refractivity contribution >= 4 is 23.4 Å². The number of thioether (sulfide) groups is 1. The van der Waals surface area contributed by atoms with Crippen LogP contribution in [0.3, 0.4) is 0 Å². The molecule has 0 fully saturated rings. The SMILES string of the molecule is O=C(CSc1nnc(-c2ccccc2)n1-c1ccccc1)Nc1cccnc1-n1cccn1. The first kappa shape index (κ1) is 20.7. The number of pyridine rings is 1. The third-order valence-electron chi connectivity index (χ3n) is 4.79. The highest BCUT2D eigenvalue weighted by Crippen LogP contribution is 2.28. The van der Waals surface area contributed by atoms with E-state index in [1.54, 1.807) is 41.5 Å². The van der Waals surface area contributed by atoms with Crippen LogP contribution in [0.1, 0.15) is 0 Å². The zero-order valence-corrected chi connectivity index (χ0v) is 18.3. The van der Waals surface area contributed by atoms with Crippen molar-refractivity contribution in [1.29, 1.82) is 0 Å². The largest absolute Gasteiger partial charge is 0.322 e. The Hall–Kier alpha value is -4.24. The normalized spacial score (nSPS) is 10.8. The number of aromatic nitrogens is 6. The van der Waals surface area contributed by atoms with E-state index < -0.39 is 0 Å². The number of rotatable bonds is 7. The maximum absolute atomic E-state index is 12.8. The van der Waals surface area contributed by atoms with Gasteiger partial charge in [-0.2, -0.15) is 5.10 Å². The van der Waals surface area contributed by atoms with Crippen molar-refractivity contribution in [3.63, 3.8) is 0 Å². The van der Waals surface area contributed by atoms with Crippen LogP contribution in [0, 0.1) is 0 Å². The lowest BCUT2D eigenvalue weighted by Gasteiger charge is -2.11. The van der Waals surface area contributed by atoms with Gasteiger partial charge in [0.05, 0.1) is 11.4 Å². The average molecular weight is 454 g/mol. The highest BCUT2D eigenvalue weighted by atomic mass is 32.2. The smallest absolute Gasteiger partial charge is 0.234 e. The number of benzene rings is 2. The van der Waals surface area contributed by atoms with Gasteiger partial charge in [-0.3, -0.25) is 9.36 Å². The van der Waals surface area contributed by atoms with Crippen molar-refractivity contribution in [3.8, 4) is 22.9 Å². The molecule has 5 aromatic rings. The molecule has 2 aromatic carbocycles. The van der Waals surface area contributed by atoms with Crippen molar-refractivity contribution in [2.75, 3.05) is 11.1 Å². The summed E-state index contributed by atoms with van der Waals surface area (Å²) < 4.78 is 3.58. The molecule has 0 saturated carbocycles. The monoisotopic (exact) mass is 453 g/mol. The summed E-state index contributed by atoms with van der Waals surface area (Å²) in [6, 6.07) is 25.1. The van der Waals surface area contributed by atoms with E-state index in [1.807, 2.05) is 65.2 Å². The molecule has 0 aliphatic heterocycles. The zero-order valence-electron chi connectivity index (χ0n) is 17.4. The summed E-state index contributed by atoms with van der Waals surface area (Å²) in [7, 11) is 0. The fourth-order valence-corrected chi connectivity index (χ4v) is 4.09. The Labute approximate surface area is 194 Å². The van der Waals surface area contributed by atoms with Gasteiger partial charge in [-0.25, -0.2) is 9.67 Å². The number of anilines is 1. The maximum Gasteiger partial charge on any atom is 0.234 e. The average Bonchev–Trinajstić information content (AvgIpc) is 3.55. The van der Waals surface area contributed by atoms with Crippen LogP contribution in [0.25, 0.3) is 22.9 Å². The molecular weight excluding hydrogens is 434 g/mol. The number of carbonyl (C=O) groups is 1. The van der Waals surface area contributed by atoms with Gasteiger partial charge in [-0.1, -0.05) is 60.3 Å². The first-order valence-electron chi connectivity index (χ1n) is 10.2. The summed E-state index contributed by atoms with van der Waals surface area (Å²) in [5.74, 6) is 1.26. The van der Waals surface area contributed by atoms with E-state index in [2.05, 4.69) is 25.6 Å². The molecule has 0 atom stereocenters. The van der Waals surface area contributed by atoms with Crippen molar-refractivity contribution in [2.45, 2.75) is 5.16 Å². The van der Waals surface area contributed by atoms with Gasteiger partial charge in [0.2, 0.25) is 5.91 Å². The predicted octanol–water partition coefficient (Wildman–Crippen LogP) is 4.25.